The molecule has 17 heavy (non-hydrogen) atoms. The maximum atomic E-state index is 6.02. The van der Waals surface area contributed by atoms with Crippen LogP contribution < -0.4 is 5.73 Å². The molecule has 0 aromatic rings. The lowest BCUT2D eigenvalue weighted by Crippen LogP contribution is -2.54. The van der Waals surface area contributed by atoms with E-state index in [1.54, 1.807) is 0 Å². The smallest absolute Gasteiger partial charge is 0.0707 e. The first-order valence-corrected chi connectivity index (χ1v) is 7.04. The van der Waals surface area contributed by atoms with Gasteiger partial charge in [0.25, 0.3) is 0 Å². The van der Waals surface area contributed by atoms with Crippen LogP contribution >= 0.6 is 0 Å². The monoisotopic (exact) mass is 240 g/mol. The van der Waals surface area contributed by atoms with Gasteiger partial charge in [-0.05, 0) is 31.6 Å². The quantitative estimate of drug-likeness (QED) is 0.785. The summed E-state index contributed by atoms with van der Waals surface area (Å²) in [7, 11) is 0. The predicted molar refractivity (Wildman–Crippen MR) is 65.9 cm³/mol. The third-order valence-electron chi connectivity index (χ3n) is 4.59. The van der Waals surface area contributed by atoms with Gasteiger partial charge in [-0.1, -0.05) is 0 Å². The largest absolute Gasteiger partial charge is 0.381 e. The normalized spacial score (nSPS) is 37.2. The molecule has 3 heterocycles. The molecule has 0 radical (unpaired) electrons. The van der Waals surface area contributed by atoms with Crippen molar-refractivity contribution in [3.05, 3.63) is 0 Å². The molecule has 3 aliphatic heterocycles. The van der Waals surface area contributed by atoms with E-state index in [4.69, 9.17) is 15.2 Å². The molecule has 3 atom stereocenters. The van der Waals surface area contributed by atoms with Crippen LogP contribution in [0.15, 0.2) is 0 Å². The lowest BCUT2D eigenvalue weighted by Gasteiger charge is -2.42. The Balaban J connectivity index is 1.63. The fourth-order valence-corrected chi connectivity index (χ4v) is 3.66. The zero-order chi connectivity index (χ0) is 11.7. The highest BCUT2D eigenvalue weighted by molar-refractivity contribution is 4.91. The minimum absolute atomic E-state index is 0.475. The molecule has 4 nitrogen and oxygen atoms in total. The molecule has 0 aromatic heterocycles. The third-order valence-corrected chi connectivity index (χ3v) is 4.59. The topological polar surface area (TPSA) is 47.7 Å². The lowest BCUT2D eigenvalue weighted by molar-refractivity contribution is -0.0682. The number of hydrogen-bond acceptors (Lipinski definition) is 4. The Kier molecular flexibility index (Phi) is 3.66. The first-order valence-electron chi connectivity index (χ1n) is 7.04. The first kappa shape index (κ1) is 11.9. The fourth-order valence-electron chi connectivity index (χ4n) is 3.66. The molecule has 0 spiro atoms. The number of fused-ring (bicyclic) bond motifs is 2. The van der Waals surface area contributed by atoms with Crippen molar-refractivity contribution in [1.82, 2.24) is 4.90 Å². The van der Waals surface area contributed by atoms with E-state index in [0.29, 0.717) is 18.2 Å². The maximum absolute atomic E-state index is 6.02. The minimum Gasteiger partial charge on any atom is -0.381 e. The van der Waals surface area contributed by atoms with Crippen LogP contribution in [0.5, 0.6) is 0 Å². The van der Waals surface area contributed by atoms with Crippen molar-refractivity contribution >= 4 is 0 Å². The SMILES string of the molecule is NCC(C1CCOCC1)N1CC2CCC(C1)O2. The van der Waals surface area contributed by atoms with Crippen molar-refractivity contribution in [3.63, 3.8) is 0 Å². The van der Waals surface area contributed by atoms with Crippen molar-refractivity contribution < 1.29 is 9.47 Å². The number of nitrogens with two attached hydrogens (primary N) is 1. The molecule has 2 N–H and O–H groups in total. The van der Waals surface area contributed by atoms with Crippen LogP contribution in [0.1, 0.15) is 25.7 Å². The molecule has 0 aromatic carbocycles. The minimum atomic E-state index is 0.475. The number of nitrogens with zero attached hydrogens (tertiary/aromatic N) is 1. The van der Waals surface area contributed by atoms with E-state index in [-0.39, 0.29) is 0 Å². The molecule has 3 rings (SSSR count). The van der Waals surface area contributed by atoms with Crippen LogP contribution in [0.4, 0.5) is 0 Å². The molecular weight excluding hydrogens is 216 g/mol. The molecule has 0 aliphatic carbocycles. The van der Waals surface area contributed by atoms with E-state index < -0.39 is 0 Å². The van der Waals surface area contributed by atoms with Gasteiger partial charge in [-0.15, -0.1) is 0 Å². The summed E-state index contributed by atoms with van der Waals surface area (Å²) in [5, 5.41) is 0. The zero-order valence-electron chi connectivity index (χ0n) is 10.5. The molecule has 4 heteroatoms. The summed E-state index contributed by atoms with van der Waals surface area (Å²) < 4.78 is 11.4. The summed E-state index contributed by atoms with van der Waals surface area (Å²) in [6.45, 7) is 4.80. The average Bonchev–Trinajstić information content (AvgIpc) is 2.71. The Labute approximate surface area is 103 Å². The highest BCUT2D eigenvalue weighted by Gasteiger charge is 2.38. The molecule has 3 unspecified atom stereocenters. The van der Waals surface area contributed by atoms with Crippen molar-refractivity contribution in [2.24, 2.45) is 11.7 Å². The van der Waals surface area contributed by atoms with E-state index >= 15 is 0 Å². The van der Waals surface area contributed by atoms with Crippen LogP contribution in [0.3, 0.4) is 0 Å². The van der Waals surface area contributed by atoms with Gasteiger partial charge in [-0.2, -0.15) is 0 Å². The molecule has 3 aliphatic rings. The van der Waals surface area contributed by atoms with Crippen molar-refractivity contribution in [1.29, 1.82) is 0 Å². The molecule has 0 amide bonds. The first-order chi connectivity index (χ1) is 8.36. The summed E-state index contributed by atoms with van der Waals surface area (Å²) in [6.07, 6.45) is 5.78. The van der Waals surface area contributed by atoms with Gasteiger partial charge >= 0.3 is 0 Å². The third kappa shape index (κ3) is 2.50. The van der Waals surface area contributed by atoms with Gasteiger partial charge in [0.2, 0.25) is 0 Å². The van der Waals surface area contributed by atoms with Gasteiger partial charge < -0.3 is 15.2 Å². The summed E-state index contributed by atoms with van der Waals surface area (Å²) in [6, 6.07) is 0.547. The van der Waals surface area contributed by atoms with E-state index in [1.165, 1.54) is 25.7 Å². The van der Waals surface area contributed by atoms with Crippen LogP contribution in [-0.2, 0) is 9.47 Å². The summed E-state index contributed by atoms with van der Waals surface area (Å²) in [5.41, 5.74) is 6.02. The van der Waals surface area contributed by atoms with Crippen molar-refractivity contribution in [2.45, 2.75) is 43.9 Å². The molecule has 3 fully saturated rings. The summed E-state index contributed by atoms with van der Waals surface area (Å²) in [5.74, 6) is 0.728. The zero-order valence-corrected chi connectivity index (χ0v) is 10.5. The van der Waals surface area contributed by atoms with E-state index in [9.17, 15) is 0 Å². The second-order valence-corrected chi connectivity index (χ2v) is 5.66. The summed E-state index contributed by atoms with van der Waals surface area (Å²) >= 11 is 0. The Hall–Kier alpha value is -0.160. The second kappa shape index (κ2) is 5.22. The lowest BCUT2D eigenvalue weighted by atomic mass is 9.90. The van der Waals surface area contributed by atoms with Crippen LogP contribution in [-0.4, -0.2) is 56.0 Å². The van der Waals surface area contributed by atoms with Gasteiger partial charge in [0.1, 0.15) is 0 Å². The fraction of sp³-hybridized carbons (Fsp3) is 1.00. The van der Waals surface area contributed by atoms with Gasteiger partial charge in [0.05, 0.1) is 12.2 Å². The number of hydrogen-bond donors (Lipinski definition) is 1. The number of likely N-dealkylation sites (tertiary alicyclic amines) is 1. The van der Waals surface area contributed by atoms with E-state index in [0.717, 1.165) is 38.8 Å². The Morgan fingerprint density at radius 1 is 1.06 bits per heavy atom. The van der Waals surface area contributed by atoms with Gasteiger partial charge in [0, 0.05) is 38.9 Å². The average molecular weight is 240 g/mol. The van der Waals surface area contributed by atoms with E-state index in [2.05, 4.69) is 4.90 Å². The van der Waals surface area contributed by atoms with Crippen molar-refractivity contribution in [2.75, 3.05) is 32.8 Å². The van der Waals surface area contributed by atoms with Crippen molar-refractivity contribution in [3.8, 4) is 0 Å². The highest BCUT2D eigenvalue weighted by atomic mass is 16.5. The number of rotatable bonds is 3. The molecule has 3 saturated heterocycles. The van der Waals surface area contributed by atoms with E-state index in [1.807, 2.05) is 0 Å². The Morgan fingerprint density at radius 2 is 1.71 bits per heavy atom. The Morgan fingerprint density at radius 3 is 2.29 bits per heavy atom. The molecule has 2 bridgehead atoms. The predicted octanol–water partition coefficient (Wildman–Crippen LogP) is 0.603. The van der Waals surface area contributed by atoms with Crippen LogP contribution in [0, 0.1) is 5.92 Å². The van der Waals surface area contributed by atoms with Crippen LogP contribution in [0.2, 0.25) is 0 Å². The second-order valence-electron chi connectivity index (χ2n) is 5.66. The van der Waals surface area contributed by atoms with Crippen LogP contribution in [0.25, 0.3) is 0 Å². The summed E-state index contributed by atoms with van der Waals surface area (Å²) in [4.78, 5) is 2.60. The standard InChI is InChI=1S/C13H24N2O2/c14-7-13(10-3-5-16-6-4-10)15-8-11-1-2-12(9-15)17-11/h10-13H,1-9,14H2. The van der Waals surface area contributed by atoms with Gasteiger partial charge in [-0.25, -0.2) is 0 Å². The number of morpholine rings is 1. The molecule has 0 saturated carbocycles. The van der Waals surface area contributed by atoms with Gasteiger partial charge in [0.15, 0.2) is 0 Å². The molecular formula is C13H24N2O2. The Bertz CT molecular complexity index is 244. The number of ether oxygens (including phenoxy) is 2. The highest BCUT2D eigenvalue weighted by Crippen LogP contribution is 2.30. The molecule has 98 valence electrons. The van der Waals surface area contributed by atoms with Gasteiger partial charge in [-0.3, -0.25) is 4.90 Å². The maximum Gasteiger partial charge on any atom is 0.0707 e.